The zero-order chi connectivity index (χ0) is 20.8. The first-order chi connectivity index (χ1) is 13.3. The second-order valence-corrected chi connectivity index (χ2v) is 7.62. The van der Waals surface area contributed by atoms with Crippen molar-refractivity contribution in [2.45, 2.75) is 66.0 Å². The number of aryl methyl sites for hydroxylation is 2. The summed E-state index contributed by atoms with van der Waals surface area (Å²) in [6.07, 6.45) is 0.0813. The molecule has 0 saturated carbocycles. The molecule has 0 heterocycles. The van der Waals surface area contributed by atoms with Crippen LogP contribution in [0.5, 0.6) is 11.5 Å². The molecule has 0 radical (unpaired) electrons. The van der Waals surface area contributed by atoms with Gasteiger partial charge in [-0.3, -0.25) is 4.79 Å². The second-order valence-electron chi connectivity index (χ2n) is 7.62. The lowest BCUT2D eigenvalue weighted by Gasteiger charge is -2.24. The van der Waals surface area contributed by atoms with E-state index >= 15 is 0 Å². The molecule has 2 rings (SSSR count). The number of hydrogen-bond donors (Lipinski definition) is 1. The molecule has 2 atom stereocenters. The number of ether oxygens (including phenoxy) is 2. The Morgan fingerprint density at radius 1 is 1.00 bits per heavy atom. The molecule has 28 heavy (non-hydrogen) atoms. The van der Waals surface area contributed by atoms with E-state index in [1.807, 2.05) is 52.0 Å². The van der Waals surface area contributed by atoms with E-state index in [0.29, 0.717) is 12.3 Å². The Kier molecular flexibility index (Phi) is 7.50. The molecule has 0 aromatic heterocycles. The van der Waals surface area contributed by atoms with E-state index in [4.69, 9.17) is 9.47 Å². The third kappa shape index (κ3) is 5.06. The third-order valence-electron chi connectivity index (χ3n) is 5.09. The van der Waals surface area contributed by atoms with Gasteiger partial charge in [0.25, 0.3) is 5.91 Å². The lowest BCUT2D eigenvalue weighted by molar-refractivity contribution is -0.128. The minimum absolute atomic E-state index is 0.0976. The SMILES string of the molecule is CC[C@@H](Oc1ccccc1C)C(=O)N[C@@H](C)c1cc(C(C)C)c(OC)cc1C. The van der Waals surface area contributed by atoms with Gasteiger partial charge >= 0.3 is 0 Å². The average Bonchev–Trinajstić information content (AvgIpc) is 2.66. The van der Waals surface area contributed by atoms with Crippen LogP contribution in [-0.2, 0) is 4.79 Å². The molecule has 0 unspecified atom stereocenters. The predicted molar refractivity (Wildman–Crippen MR) is 114 cm³/mol. The van der Waals surface area contributed by atoms with Crippen molar-refractivity contribution in [1.29, 1.82) is 0 Å². The highest BCUT2D eigenvalue weighted by Crippen LogP contribution is 2.32. The van der Waals surface area contributed by atoms with Gasteiger partial charge in [-0.1, -0.05) is 39.0 Å². The van der Waals surface area contributed by atoms with Gasteiger partial charge in [0, 0.05) is 0 Å². The zero-order valence-corrected chi connectivity index (χ0v) is 18.1. The minimum Gasteiger partial charge on any atom is -0.496 e. The standard InChI is InChI=1S/C24H33NO3/c1-8-21(28-22-12-10-9-11-16(22)4)24(26)25-18(6)20-14-19(15(2)3)23(27-7)13-17(20)5/h9-15,18,21H,8H2,1-7H3,(H,25,26)/t18-,21+/m0/s1. The summed E-state index contributed by atoms with van der Waals surface area (Å²) in [5, 5.41) is 3.13. The van der Waals surface area contributed by atoms with Crippen LogP contribution >= 0.6 is 0 Å². The Labute approximate surface area is 169 Å². The van der Waals surface area contributed by atoms with E-state index in [1.165, 1.54) is 0 Å². The molecular weight excluding hydrogens is 350 g/mol. The van der Waals surface area contributed by atoms with E-state index in [2.05, 4.69) is 31.3 Å². The number of hydrogen-bond acceptors (Lipinski definition) is 3. The van der Waals surface area contributed by atoms with Crippen LogP contribution in [-0.4, -0.2) is 19.1 Å². The molecule has 0 bridgehead atoms. The molecule has 0 saturated heterocycles. The summed E-state index contributed by atoms with van der Waals surface area (Å²) in [5.74, 6) is 1.88. The highest BCUT2D eigenvalue weighted by Gasteiger charge is 2.23. The summed E-state index contributed by atoms with van der Waals surface area (Å²) in [6, 6.07) is 11.8. The van der Waals surface area contributed by atoms with Crippen LogP contribution in [0.15, 0.2) is 36.4 Å². The fraction of sp³-hybridized carbons (Fsp3) is 0.458. The third-order valence-corrected chi connectivity index (χ3v) is 5.09. The Hall–Kier alpha value is -2.49. The summed E-state index contributed by atoms with van der Waals surface area (Å²) in [6.45, 7) is 12.3. The normalized spacial score (nSPS) is 13.1. The van der Waals surface area contributed by atoms with E-state index in [0.717, 1.165) is 33.8 Å². The van der Waals surface area contributed by atoms with Crippen LogP contribution in [0.2, 0.25) is 0 Å². The van der Waals surface area contributed by atoms with Gasteiger partial charge in [0.05, 0.1) is 13.2 Å². The molecule has 152 valence electrons. The Morgan fingerprint density at radius 3 is 2.25 bits per heavy atom. The van der Waals surface area contributed by atoms with Crippen molar-refractivity contribution in [2.75, 3.05) is 7.11 Å². The molecule has 1 N–H and O–H groups in total. The molecule has 0 aliphatic carbocycles. The maximum absolute atomic E-state index is 12.9. The predicted octanol–water partition coefficient (Wildman–Crippen LogP) is 5.47. The summed E-state index contributed by atoms with van der Waals surface area (Å²) >= 11 is 0. The van der Waals surface area contributed by atoms with Crippen molar-refractivity contribution < 1.29 is 14.3 Å². The number of benzene rings is 2. The first-order valence-electron chi connectivity index (χ1n) is 9.99. The summed E-state index contributed by atoms with van der Waals surface area (Å²) < 4.78 is 11.5. The van der Waals surface area contributed by atoms with Crippen LogP contribution in [0, 0.1) is 13.8 Å². The van der Waals surface area contributed by atoms with Gasteiger partial charge in [0.1, 0.15) is 11.5 Å². The molecule has 0 fully saturated rings. The van der Waals surface area contributed by atoms with Gasteiger partial charge < -0.3 is 14.8 Å². The van der Waals surface area contributed by atoms with Crippen LogP contribution in [0.4, 0.5) is 0 Å². The van der Waals surface area contributed by atoms with Crippen molar-refractivity contribution in [2.24, 2.45) is 0 Å². The number of methoxy groups -OCH3 is 1. The zero-order valence-electron chi connectivity index (χ0n) is 18.1. The van der Waals surface area contributed by atoms with Crippen molar-refractivity contribution in [3.63, 3.8) is 0 Å². The first kappa shape index (κ1) is 21.8. The van der Waals surface area contributed by atoms with E-state index < -0.39 is 6.10 Å². The molecule has 0 aliphatic heterocycles. The quantitative estimate of drug-likeness (QED) is 0.657. The van der Waals surface area contributed by atoms with Gasteiger partial charge in [-0.2, -0.15) is 0 Å². The number of carbonyl (C=O) groups is 1. The Balaban J connectivity index is 2.18. The molecule has 4 nitrogen and oxygen atoms in total. The number of carbonyl (C=O) groups excluding carboxylic acids is 1. The van der Waals surface area contributed by atoms with Crippen molar-refractivity contribution in [1.82, 2.24) is 5.32 Å². The Bertz CT molecular complexity index is 813. The summed E-state index contributed by atoms with van der Waals surface area (Å²) in [7, 11) is 1.69. The van der Waals surface area contributed by atoms with Crippen molar-refractivity contribution >= 4 is 5.91 Å². The molecular formula is C24H33NO3. The average molecular weight is 384 g/mol. The monoisotopic (exact) mass is 383 g/mol. The molecule has 1 amide bonds. The van der Waals surface area contributed by atoms with E-state index in [-0.39, 0.29) is 11.9 Å². The lowest BCUT2D eigenvalue weighted by Crippen LogP contribution is -2.39. The van der Waals surface area contributed by atoms with Crippen molar-refractivity contribution in [3.8, 4) is 11.5 Å². The number of nitrogens with one attached hydrogen (secondary N) is 1. The fourth-order valence-electron chi connectivity index (χ4n) is 3.36. The molecule has 4 heteroatoms. The minimum atomic E-state index is -0.522. The topological polar surface area (TPSA) is 47.6 Å². The number of rotatable bonds is 8. The van der Waals surface area contributed by atoms with Crippen LogP contribution in [0.3, 0.4) is 0 Å². The van der Waals surface area contributed by atoms with Gasteiger partial charge in [-0.25, -0.2) is 0 Å². The number of para-hydroxylation sites is 1. The van der Waals surface area contributed by atoms with E-state index in [1.54, 1.807) is 7.11 Å². The highest BCUT2D eigenvalue weighted by atomic mass is 16.5. The van der Waals surface area contributed by atoms with E-state index in [9.17, 15) is 4.79 Å². The maximum atomic E-state index is 12.9. The van der Waals surface area contributed by atoms with Gasteiger partial charge in [0.15, 0.2) is 6.10 Å². The first-order valence-corrected chi connectivity index (χ1v) is 9.99. The lowest BCUT2D eigenvalue weighted by atomic mass is 9.93. The smallest absolute Gasteiger partial charge is 0.261 e. The van der Waals surface area contributed by atoms with Gasteiger partial charge in [-0.05, 0) is 73.6 Å². The molecule has 0 aliphatic rings. The van der Waals surface area contributed by atoms with Crippen LogP contribution in [0.1, 0.15) is 68.3 Å². The summed E-state index contributed by atoms with van der Waals surface area (Å²) in [5.41, 5.74) is 4.37. The fourth-order valence-corrected chi connectivity index (χ4v) is 3.36. The van der Waals surface area contributed by atoms with Gasteiger partial charge in [0.2, 0.25) is 0 Å². The second kappa shape index (κ2) is 9.63. The van der Waals surface area contributed by atoms with Crippen LogP contribution < -0.4 is 14.8 Å². The van der Waals surface area contributed by atoms with Crippen LogP contribution in [0.25, 0.3) is 0 Å². The largest absolute Gasteiger partial charge is 0.496 e. The number of amides is 1. The maximum Gasteiger partial charge on any atom is 0.261 e. The summed E-state index contributed by atoms with van der Waals surface area (Å²) in [4.78, 5) is 12.9. The van der Waals surface area contributed by atoms with Gasteiger partial charge in [-0.15, -0.1) is 0 Å². The molecule has 2 aromatic rings. The van der Waals surface area contributed by atoms with Crippen molar-refractivity contribution in [3.05, 3.63) is 58.7 Å². The Morgan fingerprint density at radius 2 is 1.68 bits per heavy atom. The molecule has 0 spiro atoms. The molecule has 2 aromatic carbocycles. The highest BCUT2D eigenvalue weighted by molar-refractivity contribution is 5.81.